The highest BCUT2D eigenvalue weighted by molar-refractivity contribution is 5.65. The first kappa shape index (κ1) is 14.0. The topological polar surface area (TPSA) is 50.9 Å². The van der Waals surface area contributed by atoms with E-state index in [0.717, 1.165) is 18.7 Å². The van der Waals surface area contributed by atoms with Crippen molar-refractivity contribution in [3.8, 4) is 0 Å². The quantitative estimate of drug-likeness (QED) is 0.885. The molecule has 0 aromatic carbocycles. The van der Waals surface area contributed by atoms with Gasteiger partial charge in [0, 0.05) is 6.54 Å². The van der Waals surface area contributed by atoms with E-state index in [1.807, 2.05) is 0 Å². The Morgan fingerprint density at radius 1 is 1.42 bits per heavy atom. The van der Waals surface area contributed by atoms with E-state index in [-0.39, 0.29) is 5.69 Å². The fourth-order valence-corrected chi connectivity index (χ4v) is 2.54. The lowest BCUT2D eigenvalue weighted by Gasteiger charge is -2.18. The summed E-state index contributed by atoms with van der Waals surface area (Å²) in [5, 5.41) is 3.03. The Balaban J connectivity index is 2.07. The third-order valence-electron chi connectivity index (χ3n) is 3.82. The summed E-state index contributed by atoms with van der Waals surface area (Å²) in [7, 11) is 0. The van der Waals surface area contributed by atoms with Crippen molar-refractivity contribution in [2.75, 3.05) is 17.6 Å². The summed E-state index contributed by atoms with van der Waals surface area (Å²) in [5.41, 5.74) is 5.32. The number of nitrogens with zero attached hydrogens (tertiary/aromatic N) is 1. The molecule has 3 nitrogen and oxygen atoms in total. The SMILES string of the molecule is CC1CCCC1CNc1cc(C(F)(F)F)ncc1N. The normalized spacial score (nSPS) is 23.6. The lowest BCUT2D eigenvalue weighted by molar-refractivity contribution is -0.141. The second kappa shape index (κ2) is 5.27. The first-order valence-corrected chi connectivity index (χ1v) is 6.44. The Hall–Kier alpha value is -1.46. The van der Waals surface area contributed by atoms with Gasteiger partial charge in [-0.25, -0.2) is 4.98 Å². The van der Waals surface area contributed by atoms with E-state index in [1.165, 1.54) is 12.8 Å². The van der Waals surface area contributed by atoms with Crippen molar-refractivity contribution < 1.29 is 13.2 Å². The zero-order valence-electron chi connectivity index (χ0n) is 10.8. The fourth-order valence-electron chi connectivity index (χ4n) is 2.54. The molecule has 0 aliphatic heterocycles. The molecule has 0 spiro atoms. The number of aromatic nitrogens is 1. The van der Waals surface area contributed by atoms with E-state index in [9.17, 15) is 13.2 Å². The average molecular weight is 273 g/mol. The standard InChI is InChI=1S/C13H18F3N3/c1-8-3-2-4-9(8)6-18-11-5-12(13(14,15)16)19-7-10(11)17/h5,7-9H,2-4,6,17H2,1H3,(H,18,19). The van der Waals surface area contributed by atoms with Crippen LogP contribution in [0.5, 0.6) is 0 Å². The number of nitrogens with one attached hydrogen (secondary N) is 1. The highest BCUT2D eigenvalue weighted by Crippen LogP contribution is 2.33. The zero-order valence-corrected chi connectivity index (χ0v) is 10.8. The molecule has 0 radical (unpaired) electrons. The number of nitrogens with two attached hydrogens (primary N) is 1. The van der Waals surface area contributed by atoms with Crippen LogP contribution in [0.2, 0.25) is 0 Å². The summed E-state index contributed by atoms with van der Waals surface area (Å²) >= 11 is 0. The molecule has 6 heteroatoms. The molecule has 19 heavy (non-hydrogen) atoms. The highest BCUT2D eigenvalue weighted by Gasteiger charge is 2.33. The van der Waals surface area contributed by atoms with Gasteiger partial charge in [-0.2, -0.15) is 13.2 Å². The van der Waals surface area contributed by atoms with Crippen LogP contribution in [0, 0.1) is 11.8 Å². The Labute approximate surface area is 110 Å². The molecule has 0 saturated heterocycles. The maximum Gasteiger partial charge on any atom is 0.433 e. The summed E-state index contributed by atoms with van der Waals surface area (Å²) in [6.07, 6.45) is 0.110. The molecule has 1 aliphatic rings. The van der Waals surface area contributed by atoms with E-state index in [1.54, 1.807) is 0 Å². The van der Waals surface area contributed by atoms with Crippen LogP contribution in [0.25, 0.3) is 0 Å². The van der Waals surface area contributed by atoms with Crippen molar-refractivity contribution in [3.63, 3.8) is 0 Å². The minimum absolute atomic E-state index is 0.249. The number of nitrogen functional groups attached to an aromatic ring is 1. The number of pyridine rings is 1. The predicted octanol–water partition coefficient (Wildman–Crippen LogP) is 3.53. The molecule has 2 atom stereocenters. The van der Waals surface area contributed by atoms with Crippen LogP contribution < -0.4 is 11.1 Å². The van der Waals surface area contributed by atoms with Crippen LogP contribution >= 0.6 is 0 Å². The molecule has 106 valence electrons. The summed E-state index contributed by atoms with van der Waals surface area (Å²) in [4.78, 5) is 3.31. The summed E-state index contributed by atoms with van der Waals surface area (Å²) in [6.45, 7) is 2.84. The Morgan fingerprint density at radius 2 is 2.16 bits per heavy atom. The lowest BCUT2D eigenvalue weighted by Crippen LogP contribution is -2.18. The van der Waals surface area contributed by atoms with Crippen molar-refractivity contribution in [1.82, 2.24) is 4.98 Å². The molecule has 1 saturated carbocycles. The molecule has 2 unspecified atom stereocenters. The molecule has 1 heterocycles. The molecule has 3 N–H and O–H groups in total. The molecule has 2 rings (SSSR count). The van der Waals surface area contributed by atoms with Gasteiger partial charge in [0.2, 0.25) is 0 Å². The molecule has 1 fully saturated rings. The fraction of sp³-hybridized carbons (Fsp3) is 0.615. The Kier molecular flexibility index (Phi) is 3.87. The van der Waals surface area contributed by atoms with E-state index in [2.05, 4.69) is 17.2 Å². The summed E-state index contributed by atoms with van der Waals surface area (Å²) in [5.74, 6) is 1.11. The molecule has 1 aliphatic carbocycles. The third-order valence-corrected chi connectivity index (χ3v) is 3.82. The molecule has 1 aromatic rings. The molecular weight excluding hydrogens is 255 g/mol. The third kappa shape index (κ3) is 3.30. The maximum absolute atomic E-state index is 12.6. The maximum atomic E-state index is 12.6. The number of hydrogen-bond acceptors (Lipinski definition) is 3. The monoisotopic (exact) mass is 273 g/mol. The van der Waals surface area contributed by atoms with E-state index in [0.29, 0.717) is 24.1 Å². The van der Waals surface area contributed by atoms with Crippen molar-refractivity contribution in [2.45, 2.75) is 32.4 Å². The van der Waals surface area contributed by atoms with E-state index >= 15 is 0 Å². The average Bonchev–Trinajstić information content (AvgIpc) is 2.72. The predicted molar refractivity (Wildman–Crippen MR) is 68.6 cm³/mol. The Bertz CT molecular complexity index is 445. The lowest BCUT2D eigenvalue weighted by atomic mass is 9.98. The van der Waals surface area contributed by atoms with Gasteiger partial charge in [-0.1, -0.05) is 19.8 Å². The van der Waals surface area contributed by atoms with Crippen molar-refractivity contribution in [3.05, 3.63) is 18.0 Å². The number of halogens is 3. The molecule has 0 amide bonds. The highest BCUT2D eigenvalue weighted by atomic mass is 19.4. The number of rotatable bonds is 3. The van der Waals surface area contributed by atoms with Crippen molar-refractivity contribution in [1.29, 1.82) is 0 Å². The number of alkyl halides is 3. The number of anilines is 2. The second-order valence-electron chi connectivity index (χ2n) is 5.20. The van der Waals surface area contributed by atoms with Gasteiger partial charge in [-0.05, 0) is 24.3 Å². The van der Waals surface area contributed by atoms with E-state index < -0.39 is 11.9 Å². The zero-order chi connectivity index (χ0) is 14.0. The van der Waals surface area contributed by atoms with Gasteiger partial charge in [0.05, 0.1) is 17.6 Å². The van der Waals surface area contributed by atoms with Crippen LogP contribution in [0.4, 0.5) is 24.5 Å². The van der Waals surface area contributed by atoms with Crippen LogP contribution in [0.1, 0.15) is 31.9 Å². The van der Waals surface area contributed by atoms with Crippen LogP contribution in [-0.4, -0.2) is 11.5 Å². The molecule has 0 bridgehead atoms. The molecular formula is C13H18F3N3. The van der Waals surface area contributed by atoms with Crippen LogP contribution in [0.3, 0.4) is 0 Å². The van der Waals surface area contributed by atoms with Crippen molar-refractivity contribution >= 4 is 11.4 Å². The first-order valence-electron chi connectivity index (χ1n) is 6.44. The van der Waals surface area contributed by atoms with Gasteiger partial charge in [0.1, 0.15) is 5.69 Å². The van der Waals surface area contributed by atoms with Gasteiger partial charge < -0.3 is 11.1 Å². The summed E-state index contributed by atoms with van der Waals surface area (Å²) in [6, 6.07) is 0.981. The van der Waals surface area contributed by atoms with Crippen LogP contribution in [0.15, 0.2) is 12.3 Å². The minimum atomic E-state index is -4.44. The number of hydrogen-bond donors (Lipinski definition) is 2. The van der Waals surface area contributed by atoms with Crippen molar-refractivity contribution in [2.24, 2.45) is 11.8 Å². The minimum Gasteiger partial charge on any atom is -0.396 e. The van der Waals surface area contributed by atoms with Gasteiger partial charge in [-0.3, -0.25) is 0 Å². The van der Waals surface area contributed by atoms with Gasteiger partial charge >= 0.3 is 6.18 Å². The van der Waals surface area contributed by atoms with Gasteiger partial charge in [0.15, 0.2) is 0 Å². The molecule has 1 aromatic heterocycles. The largest absolute Gasteiger partial charge is 0.433 e. The smallest absolute Gasteiger partial charge is 0.396 e. The summed E-state index contributed by atoms with van der Waals surface area (Å²) < 4.78 is 37.7. The van der Waals surface area contributed by atoms with Crippen LogP contribution in [-0.2, 0) is 6.18 Å². The second-order valence-corrected chi connectivity index (χ2v) is 5.20. The Morgan fingerprint density at radius 3 is 2.74 bits per heavy atom. The van der Waals surface area contributed by atoms with Gasteiger partial charge in [-0.15, -0.1) is 0 Å². The van der Waals surface area contributed by atoms with Gasteiger partial charge in [0.25, 0.3) is 0 Å². The van der Waals surface area contributed by atoms with E-state index in [4.69, 9.17) is 5.73 Å². The first-order chi connectivity index (χ1) is 8.88.